The molecule has 0 aliphatic heterocycles. The monoisotopic (exact) mass is 473 g/mol. The number of benzene rings is 2. The number of carbonyl (C=O) groups is 1. The van der Waals surface area contributed by atoms with Crippen LogP contribution in [-0.2, 0) is 17.6 Å². The zero-order valence-electron chi connectivity index (χ0n) is 17.9. The van der Waals surface area contributed by atoms with E-state index in [-0.39, 0.29) is 23.6 Å². The zero-order chi connectivity index (χ0) is 24.3. The standard InChI is InChI=1S/C25H20F4N2O3/c26-19-10-16(9-17(11-19)24(32)34-30)20-7-4-8-21(20)22-12-18(25(27,28)29)13-31-23(22)33-14-15-5-2-1-3-6-15/h1-3,5-6,9-13H,4,7-8,14,30H2/p+1. The highest BCUT2D eigenvalue weighted by Crippen LogP contribution is 2.43. The Kier molecular flexibility index (Phi) is 6.65. The molecule has 0 unspecified atom stereocenters. The van der Waals surface area contributed by atoms with Crippen LogP contribution in [0.3, 0.4) is 0 Å². The van der Waals surface area contributed by atoms with Crippen LogP contribution in [-0.4, -0.2) is 5.97 Å². The second-order valence-corrected chi connectivity index (χ2v) is 7.85. The molecular weight excluding hydrogens is 452 g/mol. The number of ether oxygens (including phenoxy) is 1. The first kappa shape index (κ1) is 23.4. The second-order valence-electron chi connectivity index (χ2n) is 7.85. The maximum absolute atomic E-state index is 14.3. The van der Waals surface area contributed by atoms with Crippen molar-refractivity contribution >= 4 is 17.1 Å². The van der Waals surface area contributed by atoms with Crippen molar-refractivity contribution in [2.45, 2.75) is 32.0 Å². The van der Waals surface area contributed by atoms with Crippen LogP contribution in [0.1, 0.15) is 51.9 Å². The van der Waals surface area contributed by atoms with Crippen molar-refractivity contribution in [3.63, 3.8) is 0 Å². The summed E-state index contributed by atoms with van der Waals surface area (Å²) in [7, 11) is 0. The first-order chi connectivity index (χ1) is 16.3. The fraction of sp³-hybridized carbons (Fsp3) is 0.200. The van der Waals surface area contributed by atoms with Crippen molar-refractivity contribution in [3.8, 4) is 5.88 Å². The zero-order valence-corrected chi connectivity index (χ0v) is 17.9. The van der Waals surface area contributed by atoms with E-state index in [1.807, 2.05) is 30.3 Å². The molecule has 0 bridgehead atoms. The van der Waals surface area contributed by atoms with Crippen molar-refractivity contribution in [1.29, 1.82) is 0 Å². The molecule has 0 saturated heterocycles. The van der Waals surface area contributed by atoms with E-state index < -0.39 is 23.5 Å². The summed E-state index contributed by atoms with van der Waals surface area (Å²) >= 11 is 0. The normalized spacial score (nSPS) is 13.8. The quantitative estimate of drug-likeness (QED) is 0.386. The van der Waals surface area contributed by atoms with Crippen LogP contribution in [0.15, 0.2) is 60.8 Å². The SMILES string of the molecule is NOC(=O)c1cc(F)cc(C2=C(c3cc(C(F)(F)F)c[nH+]c3OCc3ccccc3)CCC2)c1. The van der Waals surface area contributed by atoms with Gasteiger partial charge in [0, 0.05) is 0 Å². The minimum atomic E-state index is -4.57. The lowest BCUT2D eigenvalue weighted by Crippen LogP contribution is -2.17. The van der Waals surface area contributed by atoms with Crippen molar-refractivity contribution in [2.24, 2.45) is 5.90 Å². The molecule has 0 saturated carbocycles. The Morgan fingerprint density at radius 3 is 2.47 bits per heavy atom. The molecule has 1 aliphatic carbocycles. The molecule has 3 N–H and O–H groups in total. The number of rotatable bonds is 6. The second kappa shape index (κ2) is 9.64. The summed E-state index contributed by atoms with van der Waals surface area (Å²) in [5.41, 5.74) is 1.72. The first-order valence-corrected chi connectivity index (χ1v) is 10.5. The van der Waals surface area contributed by atoms with Gasteiger partial charge in [-0.1, -0.05) is 30.3 Å². The topological polar surface area (TPSA) is 75.7 Å². The number of halogens is 4. The highest BCUT2D eigenvalue weighted by Gasteiger charge is 2.36. The summed E-state index contributed by atoms with van der Waals surface area (Å²) < 4.78 is 60.6. The molecule has 34 heavy (non-hydrogen) atoms. The van der Waals surface area contributed by atoms with Crippen molar-refractivity contribution in [2.75, 3.05) is 0 Å². The molecule has 1 aromatic heterocycles. The summed E-state index contributed by atoms with van der Waals surface area (Å²) in [5.74, 6) is 3.49. The van der Waals surface area contributed by atoms with Crippen LogP contribution in [0.4, 0.5) is 17.6 Å². The predicted molar refractivity (Wildman–Crippen MR) is 115 cm³/mol. The molecule has 0 atom stereocenters. The summed E-state index contributed by atoms with van der Waals surface area (Å²) in [4.78, 5) is 18.7. The summed E-state index contributed by atoms with van der Waals surface area (Å²) in [6.07, 6.45) is -2.12. The maximum Gasteiger partial charge on any atom is 0.422 e. The van der Waals surface area contributed by atoms with Gasteiger partial charge in [0.1, 0.15) is 18.0 Å². The van der Waals surface area contributed by atoms with Gasteiger partial charge in [0.15, 0.2) is 6.20 Å². The smallest absolute Gasteiger partial charge is 0.422 e. The van der Waals surface area contributed by atoms with Crippen LogP contribution < -0.4 is 15.6 Å². The van der Waals surface area contributed by atoms with Gasteiger partial charge in [-0.15, -0.1) is 0 Å². The molecule has 9 heteroatoms. The molecular formula is C25H21F4N2O3+. The van der Waals surface area contributed by atoms with E-state index >= 15 is 0 Å². The average Bonchev–Trinajstić information content (AvgIpc) is 3.31. The Morgan fingerprint density at radius 1 is 1.03 bits per heavy atom. The largest absolute Gasteiger partial charge is 0.439 e. The van der Waals surface area contributed by atoms with Crippen molar-refractivity contribution in [3.05, 3.63) is 94.4 Å². The summed E-state index contributed by atoms with van der Waals surface area (Å²) in [6, 6.07) is 13.9. The summed E-state index contributed by atoms with van der Waals surface area (Å²) in [6.45, 7) is 0.144. The van der Waals surface area contributed by atoms with Gasteiger partial charge in [0.25, 0.3) is 0 Å². The number of aromatic nitrogens is 1. The number of carbonyl (C=O) groups excluding carboxylic acids is 1. The van der Waals surface area contributed by atoms with Gasteiger partial charge in [-0.3, -0.25) is 0 Å². The summed E-state index contributed by atoms with van der Waals surface area (Å²) in [5, 5.41) is 0. The number of nitrogens with two attached hydrogens (primary N) is 1. The molecule has 5 nitrogen and oxygen atoms in total. The van der Waals surface area contributed by atoms with Gasteiger partial charge in [-0.25, -0.2) is 9.18 Å². The number of aromatic amines is 1. The van der Waals surface area contributed by atoms with Gasteiger partial charge in [-0.05, 0) is 65.8 Å². The highest BCUT2D eigenvalue weighted by molar-refractivity contribution is 5.96. The molecule has 176 valence electrons. The van der Waals surface area contributed by atoms with Crippen molar-refractivity contribution < 1.29 is 36.9 Å². The number of alkyl halides is 3. The minimum Gasteiger partial charge on any atom is -0.439 e. The molecule has 1 heterocycles. The van der Waals surface area contributed by atoms with Gasteiger partial charge >= 0.3 is 18.0 Å². The van der Waals surface area contributed by atoms with Gasteiger partial charge < -0.3 is 9.57 Å². The van der Waals surface area contributed by atoms with E-state index in [0.29, 0.717) is 36.0 Å². The molecule has 4 rings (SSSR count). The van der Waals surface area contributed by atoms with E-state index in [4.69, 9.17) is 10.6 Å². The van der Waals surface area contributed by atoms with Crippen LogP contribution in [0, 0.1) is 5.82 Å². The molecule has 1 aliphatic rings. The number of hydrogen-bond donors (Lipinski definition) is 1. The Labute approximate surface area is 192 Å². The van der Waals surface area contributed by atoms with Gasteiger partial charge in [-0.2, -0.15) is 24.1 Å². The van der Waals surface area contributed by atoms with Crippen molar-refractivity contribution in [1.82, 2.24) is 0 Å². The van der Waals surface area contributed by atoms with E-state index in [0.717, 1.165) is 23.9 Å². The molecule has 0 amide bonds. The number of H-pyrrole nitrogens is 1. The number of allylic oxidation sites excluding steroid dienone is 2. The number of pyridine rings is 1. The fourth-order valence-corrected chi connectivity index (χ4v) is 4.03. The fourth-order valence-electron chi connectivity index (χ4n) is 4.03. The van der Waals surface area contributed by atoms with E-state index in [1.165, 1.54) is 12.1 Å². The van der Waals surface area contributed by atoms with Crippen LogP contribution in [0.25, 0.3) is 11.1 Å². The third-order valence-electron chi connectivity index (χ3n) is 5.59. The lowest BCUT2D eigenvalue weighted by atomic mass is 9.95. The number of hydrogen-bond acceptors (Lipinski definition) is 4. The van der Waals surface area contributed by atoms with Crippen LogP contribution in [0.5, 0.6) is 5.88 Å². The number of nitrogens with one attached hydrogen (secondary N) is 1. The van der Waals surface area contributed by atoms with Crippen LogP contribution in [0.2, 0.25) is 0 Å². The van der Waals surface area contributed by atoms with E-state index in [9.17, 15) is 22.4 Å². The highest BCUT2D eigenvalue weighted by atomic mass is 19.4. The molecule has 0 radical (unpaired) electrons. The van der Waals surface area contributed by atoms with E-state index in [1.54, 1.807) is 0 Å². The molecule has 0 spiro atoms. The third kappa shape index (κ3) is 5.09. The predicted octanol–water partition coefficient (Wildman–Crippen LogP) is 5.36. The molecule has 2 aromatic carbocycles. The Bertz CT molecular complexity index is 1240. The maximum atomic E-state index is 14.3. The lowest BCUT2D eigenvalue weighted by Gasteiger charge is -2.13. The van der Waals surface area contributed by atoms with Gasteiger partial charge in [0.2, 0.25) is 0 Å². The molecule has 3 aromatic rings. The third-order valence-corrected chi connectivity index (χ3v) is 5.59. The Balaban J connectivity index is 1.81. The Morgan fingerprint density at radius 2 is 1.76 bits per heavy atom. The Hall–Kier alpha value is -3.72. The average molecular weight is 473 g/mol. The molecule has 0 fully saturated rings. The van der Waals surface area contributed by atoms with Gasteiger partial charge in [0.05, 0.1) is 11.1 Å². The minimum absolute atomic E-state index is 0.0904. The van der Waals surface area contributed by atoms with E-state index in [2.05, 4.69) is 9.82 Å². The first-order valence-electron chi connectivity index (χ1n) is 10.5. The van der Waals surface area contributed by atoms with Crippen LogP contribution >= 0.6 is 0 Å². The lowest BCUT2D eigenvalue weighted by molar-refractivity contribution is -0.398.